The molecule has 2 aromatic heterocycles. The molecule has 30 heavy (non-hydrogen) atoms. The number of para-hydroxylation sites is 1. The fraction of sp³-hybridized carbons (Fsp3) is 0.400. The van der Waals surface area contributed by atoms with Crippen LogP contribution in [0.15, 0.2) is 54.9 Å². The standard InChI is InChI=1S/C25H30N4O/c1-29(20-10-3-2-4-11-20)16-8-15-27-25(30)22-17-24(19-9-7-14-26-18-19)28-23-13-6-5-12-21(22)23/h5-7,9,12-14,17-18,20H,2-4,8,10-11,15-16H2,1H3,(H,27,30). The van der Waals surface area contributed by atoms with E-state index >= 15 is 0 Å². The van der Waals surface area contributed by atoms with E-state index in [1.165, 1.54) is 32.1 Å². The van der Waals surface area contributed by atoms with Crippen molar-refractivity contribution in [1.82, 2.24) is 20.2 Å². The normalized spacial score (nSPS) is 14.9. The van der Waals surface area contributed by atoms with E-state index in [9.17, 15) is 4.79 Å². The van der Waals surface area contributed by atoms with Crippen molar-refractivity contribution >= 4 is 16.8 Å². The van der Waals surface area contributed by atoms with Crippen molar-refractivity contribution in [2.75, 3.05) is 20.1 Å². The molecule has 1 aliphatic carbocycles. The van der Waals surface area contributed by atoms with Gasteiger partial charge in [0.25, 0.3) is 5.91 Å². The Morgan fingerprint density at radius 1 is 1.13 bits per heavy atom. The van der Waals surface area contributed by atoms with Crippen LogP contribution in [0.1, 0.15) is 48.9 Å². The fourth-order valence-electron chi connectivity index (χ4n) is 4.36. The molecule has 1 N–H and O–H groups in total. The lowest BCUT2D eigenvalue weighted by molar-refractivity contribution is 0.0952. The lowest BCUT2D eigenvalue weighted by Crippen LogP contribution is -2.35. The van der Waals surface area contributed by atoms with Crippen molar-refractivity contribution in [1.29, 1.82) is 0 Å². The van der Waals surface area contributed by atoms with Gasteiger partial charge in [0.05, 0.1) is 16.8 Å². The van der Waals surface area contributed by atoms with Gasteiger partial charge in [0.2, 0.25) is 0 Å². The third-order valence-corrected chi connectivity index (χ3v) is 6.09. The Balaban J connectivity index is 1.43. The van der Waals surface area contributed by atoms with Crippen LogP contribution in [-0.2, 0) is 0 Å². The summed E-state index contributed by atoms with van der Waals surface area (Å²) in [6.07, 6.45) is 11.2. The molecule has 0 saturated heterocycles. The van der Waals surface area contributed by atoms with E-state index in [2.05, 4.69) is 22.2 Å². The molecule has 156 valence electrons. The van der Waals surface area contributed by atoms with Crippen LogP contribution in [0.25, 0.3) is 22.2 Å². The quantitative estimate of drug-likeness (QED) is 0.583. The third-order valence-electron chi connectivity index (χ3n) is 6.09. The van der Waals surface area contributed by atoms with Crippen molar-refractivity contribution in [3.05, 3.63) is 60.4 Å². The Hall–Kier alpha value is -2.79. The number of aromatic nitrogens is 2. The molecule has 1 saturated carbocycles. The molecule has 0 radical (unpaired) electrons. The van der Waals surface area contributed by atoms with Gasteiger partial charge in [-0.2, -0.15) is 0 Å². The predicted molar refractivity (Wildman–Crippen MR) is 121 cm³/mol. The molecule has 0 bridgehead atoms. The van der Waals surface area contributed by atoms with E-state index in [4.69, 9.17) is 4.98 Å². The molecule has 2 heterocycles. The van der Waals surface area contributed by atoms with E-state index in [-0.39, 0.29) is 5.91 Å². The second kappa shape index (κ2) is 9.81. The molecule has 0 aliphatic heterocycles. The molecule has 5 heteroatoms. The van der Waals surface area contributed by atoms with Gasteiger partial charge in [-0.3, -0.25) is 9.78 Å². The van der Waals surface area contributed by atoms with Crippen molar-refractivity contribution in [3.8, 4) is 11.3 Å². The van der Waals surface area contributed by atoms with Crippen LogP contribution >= 0.6 is 0 Å². The number of carbonyl (C=O) groups is 1. The maximum Gasteiger partial charge on any atom is 0.252 e. The maximum atomic E-state index is 13.0. The van der Waals surface area contributed by atoms with Crippen molar-refractivity contribution in [2.45, 2.75) is 44.6 Å². The monoisotopic (exact) mass is 402 g/mol. The van der Waals surface area contributed by atoms with Crippen LogP contribution in [-0.4, -0.2) is 47.0 Å². The molecule has 1 fully saturated rings. The van der Waals surface area contributed by atoms with Crippen LogP contribution in [0.2, 0.25) is 0 Å². The summed E-state index contributed by atoms with van der Waals surface area (Å²) < 4.78 is 0. The van der Waals surface area contributed by atoms with Gasteiger partial charge in [-0.05, 0) is 57.1 Å². The van der Waals surface area contributed by atoms with Gasteiger partial charge >= 0.3 is 0 Å². The minimum Gasteiger partial charge on any atom is -0.352 e. The number of benzene rings is 1. The highest BCUT2D eigenvalue weighted by molar-refractivity contribution is 6.07. The number of hydrogen-bond donors (Lipinski definition) is 1. The Kier molecular flexibility index (Phi) is 6.70. The number of carbonyl (C=O) groups excluding carboxylic acids is 1. The van der Waals surface area contributed by atoms with Gasteiger partial charge < -0.3 is 10.2 Å². The number of nitrogens with one attached hydrogen (secondary N) is 1. The number of nitrogens with zero attached hydrogens (tertiary/aromatic N) is 3. The summed E-state index contributed by atoms with van der Waals surface area (Å²) in [5, 5.41) is 4.00. The van der Waals surface area contributed by atoms with Crippen LogP contribution in [0.3, 0.4) is 0 Å². The van der Waals surface area contributed by atoms with Gasteiger partial charge in [0.1, 0.15) is 0 Å². The molecular weight excluding hydrogens is 372 g/mol. The van der Waals surface area contributed by atoms with Gasteiger partial charge in [0, 0.05) is 35.9 Å². The zero-order valence-electron chi connectivity index (χ0n) is 17.7. The largest absolute Gasteiger partial charge is 0.352 e. The molecule has 1 aromatic carbocycles. The first kappa shape index (κ1) is 20.5. The zero-order chi connectivity index (χ0) is 20.8. The zero-order valence-corrected chi connectivity index (χ0v) is 17.7. The SMILES string of the molecule is CN(CCCNC(=O)c1cc(-c2cccnc2)nc2ccccc12)C1CCCCC1. The van der Waals surface area contributed by atoms with Gasteiger partial charge in [-0.25, -0.2) is 4.98 Å². The van der Waals surface area contributed by atoms with Gasteiger partial charge in [0.15, 0.2) is 0 Å². The second-order valence-electron chi connectivity index (χ2n) is 8.20. The van der Waals surface area contributed by atoms with E-state index in [0.717, 1.165) is 35.1 Å². The minimum atomic E-state index is -0.0425. The second-order valence-corrected chi connectivity index (χ2v) is 8.20. The Labute approximate surface area is 178 Å². The highest BCUT2D eigenvalue weighted by Gasteiger charge is 2.18. The first-order valence-corrected chi connectivity index (χ1v) is 11.0. The maximum absolute atomic E-state index is 13.0. The molecular formula is C25H30N4O. The number of rotatable bonds is 7. The van der Waals surface area contributed by atoms with Gasteiger partial charge in [-0.15, -0.1) is 0 Å². The highest BCUT2D eigenvalue weighted by Crippen LogP contribution is 2.24. The van der Waals surface area contributed by atoms with Crippen molar-refractivity contribution in [3.63, 3.8) is 0 Å². The lowest BCUT2D eigenvalue weighted by atomic mass is 9.94. The number of pyridine rings is 2. The van der Waals surface area contributed by atoms with Crippen LogP contribution in [0.5, 0.6) is 0 Å². The summed E-state index contributed by atoms with van der Waals surface area (Å²) in [4.78, 5) is 24.4. The molecule has 3 aromatic rings. The van der Waals surface area contributed by atoms with E-state index in [1.807, 2.05) is 42.5 Å². The summed E-state index contributed by atoms with van der Waals surface area (Å²) in [5.74, 6) is -0.0425. The Bertz CT molecular complexity index is 983. The molecule has 5 nitrogen and oxygen atoms in total. The summed E-state index contributed by atoms with van der Waals surface area (Å²) >= 11 is 0. The first-order valence-electron chi connectivity index (χ1n) is 11.0. The molecule has 0 spiro atoms. The summed E-state index contributed by atoms with van der Waals surface area (Å²) in [6, 6.07) is 14.2. The van der Waals surface area contributed by atoms with Crippen LogP contribution < -0.4 is 5.32 Å². The smallest absolute Gasteiger partial charge is 0.252 e. The summed E-state index contributed by atoms with van der Waals surface area (Å²) in [6.45, 7) is 1.69. The van der Waals surface area contributed by atoms with E-state index < -0.39 is 0 Å². The highest BCUT2D eigenvalue weighted by atomic mass is 16.1. The fourth-order valence-corrected chi connectivity index (χ4v) is 4.36. The molecule has 4 rings (SSSR count). The summed E-state index contributed by atoms with van der Waals surface area (Å²) in [7, 11) is 2.22. The minimum absolute atomic E-state index is 0.0425. The predicted octanol–water partition coefficient (Wildman–Crippen LogP) is 4.68. The molecule has 1 amide bonds. The Morgan fingerprint density at radius 3 is 2.77 bits per heavy atom. The van der Waals surface area contributed by atoms with Gasteiger partial charge in [-0.1, -0.05) is 37.5 Å². The van der Waals surface area contributed by atoms with E-state index in [1.54, 1.807) is 12.4 Å². The first-order chi connectivity index (χ1) is 14.7. The van der Waals surface area contributed by atoms with Crippen molar-refractivity contribution < 1.29 is 4.79 Å². The van der Waals surface area contributed by atoms with Crippen molar-refractivity contribution in [2.24, 2.45) is 0 Å². The lowest BCUT2D eigenvalue weighted by Gasteiger charge is -2.31. The molecule has 1 aliphatic rings. The number of fused-ring (bicyclic) bond motifs is 1. The van der Waals surface area contributed by atoms with Crippen LogP contribution in [0, 0.1) is 0 Å². The Morgan fingerprint density at radius 2 is 1.97 bits per heavy atom. The summed E-state index contributed by atoms with van der Waals surface area (Å²) in [5.41, 5.74) is 3.16. The number of amides is 1. The average Bonchev–Trinajstić information content (AvgIpc) is 2.82. The van der Waals surface area contributed by atoms with E-state index in [0.29, 0.717) is 18.2 Å². The molecule has 0 atom stereocenters. The third kappa shape index (κ3) is 4.85. The van der Waals surface area contributed by atoms with Crippen LogP contribution in [0.4, 0.5) is 0 Å². The topological polar surface area (TPSA) is 58.1 Å². The molecule has 0 unspecified atom stereocenters. The number of hydrogen-bond acceptors (Lipinski definition) is 4. The average molecular weight is 403 g/mol.